The lowest BCUT2D eigenvalue weighted by Gasteiger charge is -2.22. The van der Waals surface area contributed by atoms with Gasteiger partial charge in [0.25, 0.3) is 5.91 Å². The van der Waals surface area contributed by atoms with Gasteiger partial charge in [-0.05, 0) is 41.5 Å². The van der Waals surface area contributed by atoms with Crippen molar-refractivity contribution >= 4 is 35.1 Å². The van der Waals surface area contributed by atoms with Crippen LogP contribution in [-0.2, 0) is 21.7 Å². The summed E-state index contributed by atoms with van der Waals surface area (Å²) in [6, 6.07) is 19.5. The number of aliphatic hydroxyl groups is 1. The number of fused-ring (bicyclic) bond motifs is 2. The van der Waals surface area contributed by atoms with Gasteiger partial charge in [0.05, 0.1) is 18.7 Å². The minimum absolute atomic E-state index is 0.167. The van der Waals surface area contributed by atoms with Crippen LogP contribution in [0.2, 0.25) is 5.02 Å². The van der Waals surface area contributed by atoms with Crippen LogP contribution in [0.5, 0.6) is 11.5 Å². The molecule has 166 valence electrons. The van der Waals surface area contributed by atoms with Gasteiger partial charge in [-0.2, -0.15) is 0 Å². The van der Waals surface area contributed by atoms with E-state index < -0.39 is 11.5 Å². The zero-order valence-electron chi connectivity index (χ0n) is 17.5. The van der Waals surface area contributed by atoms with E-state index in [1.165, 1.54) is 11.0 Å². The van der Waals surface area contributed by atoms with E-state index in [2.05, 4.69) is 0 Å². The molecule has 1 atom stereocenters. The number of carbonyl (C=O) groups is 2. The maximum Gasteiger partial charge on any atom is 0.264 e. The molecule has 0 radical (unpaired) electrons. The van der Waals surface area contributed by atoms with Gasteiger partial charge in [0.1, 0.15) is 0 Å². The molecule has 1 amide bonds. The first-order valence-corrected chi connectivity index (χ1v) is 10.8. The molecular weight excluding hydrogens is 442 g/mol. The average molecular weight is 462 g/mol. The van der Waals surface area contributed by atoms with Crippen molar-refractivity contribution in [1.82, 2.24) is 0 Å². The van der Waals surface area contributed by atoms with E-state index in [-0.39, 0.29) is 25.5 Å². The highest BCUT2D eigenvalue weighted by Gasteiger charge is 2.50. The van der Waals surface area contributed by atoms with Gasteiger partial charge in [-0.15, -0.1) is 0 Å². The highest BCUT2D eigenvalue weighted by atomic mass is 35.5. The van der Waals surface area contributed by atoms with E-state index in [9.17, 15) is 14.7 Å². The van der Waals surface area contributed by atoms with E-state index in [0.29, 0.717) is 27.8 Å². The summed E-state index contributed by atoms with van der Waals surface area (Å²) in [5.41, 5.74) is 0.525. The van der Waals surface area contributed by atoms with Crippen LogP contribution in [0.4, 0.5) is 5.69 Å². The lowest BCUT2D eigenvalue weighted by Crippen LogP contribution is -2.41. The summed E-state index contributed by atoms with van der Waals surface area (Å²) in [5.74, 6) is 0.337. The largest absolute Gasteiger partial charge is 0.454 e. The summed E-state index contributed by atoms with van der Waals surface area (Å²) in [6.45, 7) is 0.361. The van der Waals surface area contributed by atoms with Gasteiger partial charge < -0.3 is 19.5 Å². The van der Waals surface area contributed by atoms with Crippen molar-refractivity contribution in [2.24, 2.45) is 0 Å². The van der Waals surface area contributed by atoms with Crippen molar-refractivity contribution in [3.05, 3.63) is 94.5 Å². The Hall–Kier alpha value is -3.61. The summed E-state index contributed by atoms with van der Waals surface area (Å²) in [6.07, 6.45) is 2.62. The van der Waals surface area contributed by atoms with Crippen LogP contribution in [0.25, 0.3) is 6.08 Å². The van der Waals surface area contributed by atoms with Crippen molar-refractivity contribution in [2.75, 3.05) is 11.7 Å². The highest BCUT2D eigenvalue weighted by Crippen LogP contribution is 2.43. The molecule has 33 heavy (non-hydrogen) atoms. The zero-order chi connectivity index (χ0) is 23.0. The summed E-state index contributed by atoms with van der Waals surface area (Å²) in [4.78, 5) is 27.6. The van der Waals surface area contributed by atoms with Crippen LogP contribution in [-0.4, -0.2) is 23.6 Å². The molecule has 0 aromatic heterocycles. The molecule has 2 aliphatic heterocycles. The molecule has 0 saturated heterocycles. The normalized spacial score (nSPS) is 18.7. The van der Waals surface area contributed by atoms with Gasteiger partial charge in [-0.25, -0.2) is 0 Å². The Bertz CT molecular complexity index is 1290. The Kier molecular flexibility index (Phi) is 5.40. The predicted molar refractivity (Wildman–Crippen MR) is 124 cm³/mol. The molecule has 2 aliphatic rings. The van der Waals surface area contributed by atoms with Crippen LogP contribution >= 0.6 is 11.6 Å². The second kappa shape index (κ2) is 8.39. The minimum Gasteiger partial charge on any atom is -0.454 e. The Morgan fingerprint density at radius 3 is 2.67 bits per heavy atom. The third-order valence-electron chi connectivity index (χ3n) is 5.81. The Morgan fingerprint density at radius 2 is 1.82 bits per heavy atom. The van der Waals surface area contributed by atoms with Gasteiger partial charge in [0.2, 0.25) is 6.79 Å². The number of hydrogen-bond donors (Lipinski definition) is 1. The number of benzene rings is 3. The number of hydrogen-bond acceptors (Lipinski definition) is 5. The first-order chi connectivity index (χ1) is 16.0. The van der Waals surface area contributed by atoms with E-state index in [1.54, 1.807) is 54.6 Å². The molecule has 3 aromatic carbocycles. The Balaban J connectivity index is 1.38. The van der Waals surface area contributed by atoms with Gasteiger partial charge >= 0.3 is 0 Å². The van der Waals surface area contributed by atoms with E-state index >= 15 is 0 Å². The van der Waals surface area contributed by atoms with Gasteiger partial charge in [-0.3, -0.25) is 9.59 Å². The molecule has 0 bridgehead atoms. The molecule has 0 saturated carbocycles. The molecule has 2 heterocycles. The maximum absolute atomic E-state index is 13.4. The standard InChI is InChI=1S/C26H20ClNO5/c27-21-7-3-1-5-18(21)15-28-22-8-4-2-6-20(22)26(31,25(28)30)14-19(29)11-9-17-10-12-23-24(13-17)33-16-32-23/h1-13,31H,14-16H2. The molecule has 3 aromatic rings. The zero-order valence-corrected chi connectivity index (χ0v) is 18.3. The number of allylic oxidation sites excluding steroid dienone is 1. The Labute approximate surface area is 195 Å². The number of ketones is 1. The molecule has 0 fully saturated rings. The number of anilines is 1. The van der Waals surface area contributed by atoms with Crippen molar-refractivity contribution in [3.63, 3.8) is 0 Å². The number of nitrogens with zero attached hydrogens (tertiary/aromatic N) is 1. The predicted octanol–water partition coefficient (Wildman–Crippen LogP) is 4.48. The minimum atomic E-state index is -1.95. The van der Waals surface area contributed by atoms with Crippen molar-refractivity contribution < 1.29 is 24.2 Å². The molecule has 6 nitrogen and oxygen atoms in total. The molecule has 0 spiro atoms. The second-order valence-electron chi connectivity index (χ2n) is 7.95. The SMILES string of the molecule is O=C(C=Cc1ccc2c(c1)OCO2)CC1(O)C(=O)N(Cc2ccccc2Cl)c2ccccc21. The topological polar surface area (TPSA) is 76.1 Å². The summed E-state index contributed by atoms with van der Waals surface area (Å²) in [5, 5.41) is 11.9. The molecule has 1 N–H and O–H groups in total. The fourth-order valence-corrected chi connectivity index (χ4v) is 4.34. The molecule has 0 aliphatic carbocycles. The summed E-state index contributed by atoms with van der Waals surface area (Å²) < 4.78 is 10.6. The number of ether oxygens (including phenoxy) is 2. The van der Waals surface area contributed by atoms with Crippen LogP contribution in [0, 0.1) is 0 Å². The lowest BCUT2D eigenvalue weighted by atomic mass is 9.89. The fourth-order valence-electron chi connectivity index (χ4n) is 4.15. The van der Waals surface area contributed by atoms with Crippen molar-refractivity contribution in [3.8, 4) is 11.5 Å². The quantitative estimate of drug-likeness (QED) is 0.548. The third-order valence-corrected chi connectivity index (χ3v) is 6.18. The summed E-state index contributed by atoms with van der Waals surface area (Å²) in [7, 11) is 0. The third kappa shape index (κ3) is 3.88. The maximum atomic E-state index is 13.4. The van der Waals surface area contributed by atoms with E-state index in [4.69, 9.17) is 21.1 Å². The van der Waals surface area contributed by atoms with Gasteiger partial charge in [-0.1, -0.05) is 60.1 Å². The number of halogens is 1. The van der Waals surface area contributed by atoms with E-state index in [1.807, 2.05) is 18.2 Å². The Morgan fingerprint density at radius 1 is 1.06 bits per heavy atom. The number of rotatable bonds is 6. The molecule has 1 unspecified atom stereocenters. The van der Waals surface area contributed by atoms with Gasteiger partial charge in [0, 0.05) is 10.6 Å². The highest BCUT2D eigenvalue weighted by molar-refractivity contribution is 6.31. The number of amides is 1. The van der Waals surface area contributed by atoms with E-state index in [0.717, 1.165) is 11.1 Å². The number of carbonyl (C=O) groups excluding carboxylic acids is 2. The first kappa shape index (κ1) is 21.2. The van der Waals surface area contributed by atoms with Crippen LogP contribution in [0.3, 0.4) is 0 Å². The smallest absolute Gasteiger partial charge is 0.264 e. The molecule has 7 heteroatoms. The van der Waals surface area contributed by atoms with Crippen LogP contribution in [0.15, 0.2) is 72.8 Å². The summed E-state index contributed by atoms with van der Waals surface area (Å²) >= 11 is 6.29. The van der Waals surface area contributed by atoms with Crippen LogP contribution < -0.4 is 14.4 Å². The average Bonchev–Trinajstić information content (AvgIpc) is 3.36. The number of para-hydroxylation sites is 1. The second-order valence-corrected chi connectivity index (χ2v) is 8.36. The lowest BCUT2D eigenvalue weighted by molar-refractivity contribution is -0.140. The molecular formula is C26H20ClNO5. The monoisotopic (exact) mass is 461 g/mol. The van der Waals surface area contributed by atoms with Gasteiger partial charge in [0.15, 0.2) is 22.9 Å². The fraction of sp³-hybridized carbons (Fsp3) is 0.154. The van der Waals surface area contributed by atoms with Crippen molar-refractivity contribution in [1.29, 1.82) is 0 Å². The van der Waals surface area contributed by atoms with Crippen LogP contribution in [0.1, 0.15) is 23.1 Å². The first-order valence-electron chi connectivity index (χ1n) is 10.4. The van der Waals surface area contributed by atoms with Crippen molar-refractivity contribution in [2.45, 2.75) is 18.6 Å². The molecule has 5 rings (SSSR count).